The van der Waals surface area contributed by atoms with Crippen LogP contribution in [-0.4, -0.2) is 61.2 Å². The summed E-state index contributed by atoms with van der Waals surface area (Å²) in [6.07, 6.45) is 0.600. The third-order valence-corrected chi connectivity index (χ3v) is 6.97. The van der Waals surface area contributed by atoms with Crippen LogP contribution in [0, 0.1) is 13.8 Å². The lowest BCUT2D eigenvalue weighted by molar-refractivity contribution is -0.117. The van der Waals surface area contributed by atoms with E-state index in [1.54, 1.807) is 13.2 Å². The molecule has 0 aliphatic carbocycles. The molecule has 2 aromatic rings. The van der Waals surface area contributed by atoms with Crippen LogP contribution in [-0.2, 0) is 21.2 Å². The summed E-state index contributed by atoms with van der Waals surface area (Å²) < 4.78 is 30.6. The van der Waals surface area contributed by atoms with Crippen LogP contribution in [0.1, 0.15) is 29.4 Å². The Kier molecular flexibility index (Phi) is 6.28. The van der Waals surface area contributed by atoms with Crippen molar-refractivity contribution in [2.75, 3.05) is 37.5 Å². The Hall–Kier alpha value is -2.39. The smallest absolute Gasteiger partial charge is 0.238 e. The summed E-state index contributed by atoms with van der Waals surface area (Å²) in [6, 6.07) is 7.12. The van der Waals surface area contributed by atoms with Crippen LogP contribution < -0.4 is 10.1 Å². The number of carbonyl (C=O) groups is 1. The third kappa shape index (κ3) is 5.16. The first-order valence-electron chi connectivity index (χ1n) is 9.56. The van der Waals surface area contributed by atoms with Crippen molar-refractivity contribution in [2.45, 2.75) is 32.9 Å². The quantitative estimate of drug-likeness (QED) is 0.736. The number of nitrogens with zero attached hydrogens (tertiary/aromatic N) is 3. The molecule has 1 aliphatic rings. The van der Waals surface area contributed by atoms with Gasteiger partial charge in [0.25, 0.3) is 0 Å². The van der Waals surface area contributed by atoms with E-state index in [9.17, 15) is 13.2 Å². The number of anilines is 1. The third-order valence-electron chi connectivity index (χ3n) is 5.22. The summed E-state index contributed by atoms with van der Waals surface area (Å²) in [5.74, 6) is 0.928. The van der Waals surface area contributed by atoms with Crippen LogP contribution in [0.15, 0.2) is 24.3 Å². The molecule has 0 spiro atoms. The lowest BCUT2D eigenvalue weighted by Gasteiger charge is -2.17. The summed E-state index contributed by atoms with van der Waals surface area (Å²) in [4.78, 5) is 14.3. The molecule has 1 aliphatic heterocycles. The van der Waals surface area contributed by atoms with Crippen molar-refractivity contribution in [3.63, 3.8) is 0 Å². The first kappa shape index (κ1) is 21.3. The maximum atomic E-state index is 12.4. The molecule has 9 heteroatoms. The molecule has 1 aromatic carbocycles. The van der Waals surface area contributed by atoms with Crippen LogP contribution in [0.5, 0.6) is 5.75 Å². The highest BCUT2D eigenvalue weighted by atomic mass is 32.2. The van der Waals surface area contributed by atoms with Crippen LogP contribution in [0.25, 0.3) is 0 Å². The molecule has 1 atom stereocenters. The van der Waals surface area contributed by atoms with Gasteiger partial charge in [-0.05, 0) is 39.4 Å². The molecule has 1 N–H and O–H groups in total. The Morgan fingerprint density at radius 3 is 2.79 bits per heavy atom. The first-order chi connectivity index (χ1) is 13.7. The number of aryl methyl sites for hydroxylation is 1. The highest BCUT2D eigenvalue weighted by Gasteiger charge is 2.31. The van der Waals surface area contributed by atoms with Gasteiger partial charge in [-0.25, -0.2) is 8.42 Å². The number of ether oxygens (including phenoxy) is 1. The Balaban J connectivity index is 1.63. The number of hydrogen-bond donors (Lipinski definition) is 1. The van der Waals surface area contributed by atoms with Crippen molar-refractivity contribution in [1.29, 1.82) is 0 Å². The van der Waals surface area contributed by atoms with Gasteiger partial charge in [-0.1, -0.05) is 6.07 Å². The molecular weight excluding hydrogens is 392 g/mol. The summed E-state index contributed by atoms with van der Waals surface area (Å²) in [7, 11) is 0.489. The van der Waals surface area contributed by atoms with E-state index in [2.05, 4.69) is 10.4 Å². The largest absolute Gasteiger partial charge is 0.497 e. The van der Waals surface area contributed by atoms with E-state index in [1.165, 1.54) is 0 Å². The number of sulfone groups is 1. The zero-order chi connectivity index (χ0) is 21.2. The van der Waals surface area contributed by atoms with Gasteiger partial charge in [-0.15, -0.1) is 0 Å². The molecule has 158 valence electrons. The highest BCUT2D eigenvalue weighted by molar-refractivity contribution is 7.91. The van der Waals surface area contributed by atoms with E-state index < -0.39 is 9.84 Å². The SMILES string of the molecule is COc1cccc(NC(=O)CN(C)Cc2c(C)nn([C@@H]3CCS(=O)(=O)C3)c2C)c1. The number of methoxy groups -OCH3 is 1. The average molecular weight is 421 g/mol. The molecule has 1 amide bonds. The van der Waals surface area contributed by atoms with Gasteiger partial charge in [-0.2, -0.15) is 5.10 Å². The second kappa shape index (κ2) is 8.54. The number of benzene rings is 1. The number of nitrogens with one attached hydrogen (secondary N) is 1. The molecule has 2 heterocycles. The summed E-state index contributed by atoms with van der Waals surface area (Å²) in [5, 5.41) is 7.46. The van der Waals surface area contributed by atoms with E-state index in [-0.39, 0.29) is 30.0 Å². The van der Waals surface area contributed by atoms with Crippen molar-refractivity contribution in [3.8, 4) is 5.75 Å². The summed E-state index contributed by atoms with van der Waals surface area (Å²) >= 11 is 0. The molecule has 29 heavy (non-hydrogen) atoms. The topological polar surface area (TPSA) is 93.5 Å². The van der Waals surface area contributed by atoms with Crippen LogP contribution >= 0.6 is 0 Å². The predicted molar refractivity (Wildman–Crippen MR) is 112 cm³/mol. The Morgan fingerprint density at radius 1 is 1.38 bits per heavy atom. The Bertz CT molecular complexity index is 1000. The normalized spacial score (nSPS) is 18.2. The highest BCUT2D eigenvalue weighted by Crippen LogP contribution is 2.27. The molecule has 0 saturated carbocycles. The molecular formula is C20H28N4O4S. The maximum absolute atomic E-state index is 12.4. The monoisotopic (exact) mass is 420 g/mol. The molecule has 1 saturated heterocycles. The van der Waals surface area contributed by atoms with Gasteiger partial charge in [0.15, 0.2) is 9.84 Å². The van der Waals surface area contributed by atoms with Crippen LogP contribution in [0.2, 0.25) is 0 Å². The standard InChI is InChI=1S/C20H28N4O4S/c1-14-19(15(2)24(22-14)17-8-9-29(26,27)13-17)11-23(3)12-20(25)21-16-6-5-7-18(10-16)28-4/h5-7,10,17H,8-9,11-13H2,1-4H3,(H,21,25)/t17-/m1/s1. The fourth-order valence-corrected chi connectivity index (χ4v) is 5.41. The molecule has 3 rings (SSSR count). The van der Waals surface area contributed by atoms with E-state index in [0.717, 1.165) is 17.0 Å². The van der Waals surface area contributed by atoms with Crippen molar-refractivity contribution < 1.29 is 17.9 Å². The molecule has 0 bridgehead atoms. The zero-order valence-electron chi connectivity index (χ0n) is 17.3. The second-order valence-corrected chi connectivity index (χ2v) is 9.83. The van der Waals surface area contributed by atoms with Crippen molar-refractivity contribution >= 4 is 21.4 Å². The zero-order valence-corrected chi connectivity index (χ0v) is 18.1. The van der Waals surface area contributed by atoms with Gasteiger partial charge in [0.1, 0.15) is 5.75 Å². The fraction of sp³-hybridized carbons (Fsp3) is 0.500. The molecule has 0 unspecified atom stereocenters. The average Bonchev–Trinajstić information content (AvgIpc) is 3.15. The maximum Gasteiger partial charge on any atom is 0.238 e. The van der Waals surface area contributed by atoms with Gasteiger partial charge in [0.05, 0.1) is 36.9 Å². The number of hydrogen-bond acceptors (Lipinski definition) is 6. The number of likely N-dealkylation sites (N-methyl/N-ethyl adjacent to an activating group) is 1. The lowest BCUT2D eigenvalue weighted by Crippen LogP contribution is -2.30. The van der Waals surface area contributed by atoms with Gasteiger partial charge < -0.3 is 10.1 Å². The number of aromatic nitrogens is 2. The van der Waals surface area contributed by atoms with Crippen LogP contribution in [0.4, 0.5) is 5.69 Å². The van der Waals surface area contributed by atoms with Gasteiger partial charge in [0.2, 0.25) is 5.91 Å². The lowest BCUT2D eigenvalue weighted by atomic mass is 10.1. The van der Waals surface area contributed by atoms with Gasteiger partial charge in [0, 0.05) is 29.6 Å². The van der Waals surface area contributed by atoms with Gasteiger partial charge >= 0.3 is 0 Å². The van der Waals surface area contributed by atoms with E-state index in [1.807, 2.05) is 48.7 Å². The van der Waals surface area contributed by atoms with E-state index >= 15 is 0 Å². The molecule has 1 fully saturated rings. The van der Waals surface area contributed by atoms with E-state index in [4.69, 9.17) is 4.74 Å². The fourth-order valence-electron chi connectivity index (χ4n) is 3.72. The minimum atomic E-state index is -2.97. The van der Waals surface area contributed by atoms with Crippen molar-refractivity contribution in [2.24, 2.45) is 0 Å². The van der Waals surface area contributed by atoms with Crippen LogP contribution in [0.3, 0.4) is 0 Å². The van der Waals surface area contributed by atoms with Crippen molar-refractivity contribution in [3.05, 3.63) is 41.2 Å². The summed E-state index contributed by atoms with van der Waals surface area (Å²) in [6.45, 7) is 4.67. The van der Waals surface area contributed by atoms with E-state index in [0.29, 0.717) is 24.4 Å². The predicted octanol–water partition coefficient (Wildman–Crippen LogP) is 1.94. The molecule has 0 radical (unpaired) electrons. The Labute approximate surface area is 171 Å². The minimum Gasteiger partial charge on any atom is -0.497 e. The number of rotatable bonds is 7. The first-order valence-corrected chi connectivity index (χ1v) is 11.4. The Morgan fingerprint density at radius 2 is 2.14 bits per heavy atom. The van der Waals surface area contributed by atoms with Gasteiger partial charge in [-0.3, -0.25) is 14.4 Å². The second-order valence-electron chi connectivity index (χ2n) is 7.60. The molecule has 8 nitrogen and oxygen atoms in total. The number of carbonyl (C=O) groups excluding carboxylic acids is 1. The number of amides is 1. The van der Waals surface area contributed by atoms with Crippen molar-refractivity contribution in [1.82, 2.24) is 14.7 Å². The molecule has 1 aromatic heterocycles. The minimum absolute atomic E-state index is 0.103. The summed E-state index contributed by atoms with van der Waals surface area (Å²) in [5.41, 5.74) is 3.55.